The summed E-state index contributed by atoms with van der Waals surface area (Å²) in [7, 11) is 1.25. The molecular weight excluding hydrogens is 334 g/mol. The smallest absolute Gasteiger partial charge is 0.356 e. The van der Waals surface area contributed by atoms with Crippen LogP contribution in [0.4, 0.5) is 5.69 Å². The first-order valence-corrected chi connectivity index (χ1v) is 8.34. The molecule has 0 spiro atoms. The molecule has 0 unspecified atom stereocenters. The highest BCUT2D eigenvalue weighted by molar-refractivity contribution is 6.04. The number of carbonyl (C=O) groups excluding carboxylic acids is 3. The van der Waals surface area contributed by atoms with Gasteiger partial charge in [0.1, 0.15) is 11.4 Å². The van der Waals surface area contributed by atoms with Crippen molar-refractivity contribution in [2.75, 3.05) is 25.5 Å². The highest BCUT2D eigenvalue weighted by Gasteiger charge is 2.19. The maximum atomic E-state index is 12.3. The topological polar surface area (TPSA) is 88.6 Å². The normalized spacial score (nSPS) is 13.3. The van der Waals surface area contributed by atoms with Crippen molar-refractivity contribution in [3.63, 3.8) is 0 Å². The minimum atomic E-state index is -0.607. The van der Waals surface area contributed by atoms with Gasteiger partial charge in [0.15, 0.2) is 0 Å². The van der Waals surface area contributed by atoms with Crippen LogP contribution in [0.2, 0.25) is 0 Å². The number of nitrogens with zero attached hydrogens (tertiary/aromatic N) is 2. The van der Waals surface area contributed by atoms with Gasteiger partial charge < -0.3 is 15.0 Å². The Bertz CT molecular complexity index is 827. The minimum Gasteiger partial charge on any atom is -0.464 e. The Morgan fingerprint density at radius 2 is 1.65 bits per heavy atom. The molecule has 1 N–H and O–H groups in total. The van der Waals surface area contributed by atoms with Crippen molar-refractivity contribution in [2.24, 2.45) is 0 Å². The third-order valence-electron chi connectivity index (χ3n) is 4.16. The number of anilines is 1. The van der Waals surface area contributed by atoms with Crippen molar-refractivity contribution in [3.05, 3.63) is 59.4 Å². The Balaban J connectivity index is 1.68. The average Bonchev–Trinajstić information content (AvgIpc) is 3.22. The number of amides is 2. The zero-order chi connectivity index (χ0) is 18.5. The van der Waals surface area contributed by atoms with Gasteiger partial charge in [-0.1, -0.05) is 6.07 Å². The van der Waals surface area contributed by atoms with Gasteiger partial charge in [-0.3, -0.25) is 9.59 Å². The molecule has 2 amide bonds. The quantitative estimate of drug-likeness (QED) is 0.853. The van der Waals surface area contributed by atoms with E-state index in [1.165, 1.54) is 19.2 Å². The molecule has 2 aromatic rings. The minimum absolute atomic E-state index is 0.00724. The summed E-state index contributed by atoms with van der Waals surface area (Å²) in [5.74, 6) is -1.05. The van der Waals surface area contributed by atoms with Gasteiger partial charge in [0.2, 0.25) is 0 Å². The largest absolute Gasteiger partial charge is 0.464 e. The highest BCUT2D eigenvalue weighted by atomic mass is 16.5. The van der Waals surface area contributed by atoms with E-state index in [4.69, 9.17) is 0 Å². The number of rotatable bonds is 4. The molecule has 1 fully saturated rings. The molecule has 2 heterocycles. The van der Waals surface area contributed by atoms with Gasteiger partial charge in [0.25, 0.3) is 11.8 Å². The lowest BCUT2D eigenvalue weighted by Crippen LogP contribution is -2.27. The number of likely N-dealkylation sites (tertiary alicyclic amines) is 1. The first kappa shape index (κ1) is 17.6. The lowest BCUT2D eigenvalue weighted by molar-refractivity contribution is 0.0593. The van der Waals surface area contributed by atoms with Crippen LogP contribution in [-0.4, -0.2) is 47.9 Å². The van der Waals surface area contributed by atoms with Crippen molar-refractivity contribution >= 4 is 23.5 Å². The number of hydrogen-bond donors (Lipinski definition) is 1. The average molecular weight is 353 g/mol. The van der Waals surface area contributed by atoms with Crippen molar-refractivity contribution < 1.29 is 19.1 Å². The molecule has 0 atom stereocenters. The lowest BCUT2D eigenvalue weighted by Gasteiger charge is -2.15. The predicted molar refractivity (Wildman–Crippen MR) is 95.1 cm³/mol. The summed E-state index contributed by atoms with van der Waals surface area (Å²) in [5.41, 5.74) is 1.30. The Kier molecular flexibility index (Phi) is 5.26. The molecule has 1 aliphatic rings. The zero-order valence-corrected chi connectivity index (χ0v) is 14.4. The second-order valence-electron chi connectivity index (χ2n) is 5.93. The maximum Gasteiger partial charge on any atom is 0.356 e. The van der Waals surface area contributed by atoms with Gasteiger partial charge in [-0.05, 0) is 49.2 Å². The maximum absolute atomic E-state index is 12.3. The molecule has 3 rings (SSSR count). The van der Waals surface area contributed by atoms with E-state index in [9.17, 15) is 14.4 Å². The van der Waals surface area contributed by atoms with Crippen LogP contribution in [0.5, 0.6) is 0 Å². The molecule has 1 saturated heterocycles. The van der Waals surface area contributed by atoms with Crippen molar-refractivity contribution in [2.45, 2.75) is 12.8 Å². The SMILES string of the molecule is COC(=O)c1cccc(C(=O)Nc2ccc(C(=O)N3CCCC3)cc2)n1. The van der Waals surface area contributed by atoms with E-state index in [0.717, 1.165) is 25.9 Å². The fourth-order valence-electron chi connectivity index (χ4n) is 2.77. The van der Waals surface area contributed by atoms with Crippen LogP contribution in [0, 0.1) is 0 Å². The van der Waals surface area contributed by atoms with E-state index in [-0.39, 0.29) is 17.3 Å². The molecule has 0 bridgehead atoms. The Hall–Kier alpha value is -3.22. The molecule has 0 radical (unpaired) electrons. The van der Waals surface area contributed by atoms with Gasteiger partial charge in [-0.25, -0.2) is 9.78 Å². The van der Waals surface area contributed by atoms with Crippen LogP contribution in [0.25, 0.3) is 0 Å². The number of ether oxygens (including phenoxy) is 1. The summed E-state index contributed by atoms with van der Waals surface area (Å²) in [6.45, 7) is 1.58. The van der Waals surface area contributed by atoms with Crippen molar-refractivity contribution in [1.29, 1.82) is 0 Å². The van der Waals surface area contributed by atoms with Gasteiger partial charge in [-0.15, -0.1) is 0 Å². The first-order chi connectivity index (χ1) is 12.6. The fraction of sp³-hybridized carbons (Fsp3) is 0.263. The number of carbonyl (C=O) groups is 3. The number of methoxy groups -OCH3 is 1. The summed E-state index contributed by atoms with van der Waals surface area (Å²) in [6, 6.07) is 11.3. The molecule has 1 aliphatic heterocycles. The fourth-order valence-corrected chi connectivity index (χ4v) is 2.77. The summed E-state index contributed by atoms with van der Waals surface area (Å²) in [4.78, 5) is 41.9. The monoisotopic (exact) mass is 353 g/mol. The van der Waals surface area contributed by atoms with Crippen LogP contribution in [0.3, 0.4) is 0 Å². The van der Waals surface area contributed by atoms with Crippen molar-refractivity contribution in [1.82, 2.24) is 9.88 Å². The van der Waals surface area contributed by atoms with E-state index in [1.807, 2.05) is 4.90 Å². The van der Waals surface area contributed by atoms with Crippen LogP contribution in [0.1, 0.15) is 44.2 Å². The Morgan fingerprint density at radius 3 is 2.31 bits per heavy atom. The molecule has 0 aliphatic carbocycles. The van der Waals surface area contributed by atoms with Crippen molar-refractivity contribution in [3.8, 4) is 0 Å². The van der Waals surface area contributed by atoms with E-state index < -0.39 is 11.9 Å². The third-order valence-corrected chi connectivity index (χ3v) is 4.16. The molecule has 0 saturated carbocycles. The molecule has 1 aromatic heterocycles. The summed E-state index contributed by atoms with van der Waals surface area (Å²) in [5, 5.41) is 2.70. The zero-order valence-electron chi connectivity index (χ0n) is 14.4. The summed E-state index contributed by atoms with van der Waals surface area (Å²) in [6.07, 6.45) is 2.08. The van der Waals surface area contributed by atoms with E-state index in [1.54, 1.807) is 30.3 Å². The molecule has 7 nitrogen and oxygen atoms in total. The standard InChI is InChI=1S/C19H19N3O4/c1-26-19(25)16-6-4-5-15(21-16)17(23)20-14-9-7-13(8-10-14)18(24)22-11-2-3-12-22/h4-10H,2-3,11-12H2,1H3,(H,20,23). The molecule has 134 valence electrons. The van der Waals surface area contributed by atoms with Crippen LogP contribution in [-0.2, 0) is 4.74 Å². The van der Waals surface area contributed by atoms with E-state index >= 15 is 0 Å². The molecule has 26 heavy (non-hydrogen) atoms. The second kappa shape index (κ2) is 7.77. The first-order valence-electron chi connectivity index (χ1n) is 8.34. The highest BCUT2D eigenvalue weighted by Crippen LogP contribution is 2.16. The van der Waals surface area contributed by atoms with Gasteiger partial charge in [0.05, 0.1) is 7.11 Å². The van der Waals surface area contributed by atoms with Gasteiger partial charge >= 0.3 is 5.97 Å². The number of aromatic nitrogens is 1. The number of nitrogens with one attached hydrogen (secondary N) is 1. The van der Waals surface area contributed by atoms with Gasteiger partial charge in [-0.2, -0.15) is 0 Å². The summed E-state index contributed by atoms with van der Waals surface area (Å²) >= 11 is 0. The number of hydrogen-bond acceptors (Lipinski definition) is 5. The number of esters is 1. The Labute approximate surface area is 151 Å². The van der Waals surface area contributed by atoms with Gasteiger partial charge in [0, 0.05) is 24.3 Å². The van der Waals surface area contributed by atoms with E-state index in [2.05, 4.69) is 15.0 Å². The Morgan fingerprint density at radius 1 is 1.00 bits per heavy atom. The van der Waals surface area contributed by atoms with Crippen LogP contribution in [0.15, 0.2) is 42.5 Å². The lowest BCUT2D eigenvalue weighted by atomic mass is 10.2. The second-order valence-corrected chi connectivity index (χ2v) is 5.93. The van der Waals surface area contributed by atoms with E-state index in [0.29, 0.717) is 11.3 Å². The van der Waals surface area contributed by atoms with Crippen LogP contribution < -0.4 is 5.32 Å². The molecule has 1 aromatic carbocycles. The number of benzene rings is 1. The number of pyridine rings is 1. The predicted octanol–water partition coefficient (Wildman–Crippen LogP) is 2.36. The third kappa shape index (κ3) is 3.88. The summed E-state index contributed by atoms with van der Waals surface area (Å²) < 4.78 is 4.60. The van der Waals surface area contributed by atoms with Crippen LogP contribution >= 0.6 is 0 Å². The molecule has 7 heteroatoms. The molecular formula is C19H19N3O4.